The first-order chi connectivity index (χ1) is 16.3. The standard InChI is InChI=1S/C27H27N3O3/c1-4-10-22(11-5-1)19-31-28-25-16-26(29-32-20-23-12-6-2-7-13-23)18-27(17-25)30-33-21-24-14-8-3-9-15-24/h1-15H,16-21H2. The van der Waals surface area contributed by atoms with E-state index in [-0.39, 0.29) is 0 Å². The molecule has 0 atom stereocenters. The van der Waals surface area contributed by atoms with Gasteiger partial charge in [-0.2, -0.15) is 0 Å². The molecule has 33 heavy (non-hydrogen) atoms. The number of nitrogens with zero attached hydrogens (tertiary/aromatic N) is 3. The molecule has 1 aliphatic carbocycles. The molecule has 0 aromatic heterocycles. The molecule has 1 saturated carbocycles. The minimum Gasteiger partial charge on any atom is -0.391 e. The molecule has 4 rings (SSSR count). The molecule has 1 fully saturated rings. The quantitative estimate of drug-likeness (QED) is 0.389. The predicted octanol–water partition coefficient (Wildman–Crippen LogP) is 5.89. The van der Waals surface area contributed by atoms with Crippen molar-refractivity contribution in [1.82, 2.24) is 0 Å². The number of hydrogen-bond acceptors (Lipinski definition) is 6. The number of rotatable bonds is 9. The molecule has 6 nitrogen and oxygen atoms in total. The second-order valence-electron chi connectivity index (χ2n) is 7.78. The summed E-state index contributed by atoms with van der Waals surface area (Å²) in [5.41, 5.74) is 5.75. The molecule has 3 aromatic rings. The van der Waals surface area contributed by atoms with E-state index in [1.165, 1.54) is 0 Å². The average molecular weight is 442 g/mol. The van der Waals surface area contributed by atoms with Crippen molar-refractivity contribution in [2.75, 3.05) is 0 Å². The maximum Gasteiger partial charge on any atom is 0.142 e. The summed E-state index contributed by atoms with van der Waals surface area (Å²) < 4.78 is 0. The number of benzene rings is 3. The van der Waals surface area contributed by atoms with Gasteiger partial charge in [0.05, 0.1) is 17.1 Å². The summed E-state index contributed by atoms with van der Waals surface area (Å²) in [6.07, 6.45) is 1.75. The van der Waals surface area contributed by atoms with Crippen molar-refractivity contribution in [3.63, 3.8) is 0 Å². The second kappa shape index (κ2) is 12.2. The van der Waals surface area contributed by atoms with Crippen LogP contribution < -0.4 is 0 Å². The zero-order chi connectivity index (χ0) is 22.6. The van der Waals surface area contributed by atoms with Crippen LogP contribution in [0.4, 0.5) is 0 Å². The minimum atomic E-state index is 0.415. The van der Waals surface area contributed by atoms with E-state index in [1.807, 2.05) is 91.0 Å². The lowest BCUT2D eigenvalue weighted by Crippen LogP contribution is -2.24. The predicted molar refractivity (Wildman–Crippen MR) is 130 cm³/mol. The van der Waals surface area contributed by atoms with Gasteiger partial charge in [-0.3, -0.25) is 0 Å². The molecule has 0 heterocycles. The van der Waals surface area contributed by atoms with Crippen molar-refractivity contribution in [2.24, 2.45) is 15.5 Å². The van der Waals surface area contributed by atoms with E-state index in [4.69, 9.17) is 14.5 Å². The van der Waals surface area contributed by atoms with E-state index in [2.05, 4.69) is 15.5 Å². The van der Waals surface area contributed by atoms with E-state index < -0.39 is 0 Å². The van der Waals surface area contributed by atoms with Crippen molar-refractivity contribution in [1.29, 1.82) is 0 Å². The Kier molecular flexibility index (Phi) is 8.23. The van der Waals surface area contributed by atoms with Crippen molar-refractivity contribution < 1.29 is 14.5 Å². The smallest absolute Gasteiger partial charge is 0.142 e. The molecule has 0 bridgehead atoms. The molecule has 0 saturated heterocycles. The van der Waals surface area contributed by atoms with E-state index in [1.54, 1.807) is 0 Å². The Hall–Kier alpha value is -3.93. The van der Waals surface area contributed by atoms with Crippen molar-refractivity contribution in [3.05, 3.63) is 108 Å². The van der Waals surface area contributed by atoms with Gasteiger partial charge in [0.15, 0.2) is 0 Å². The van der Waals surface area contributed by atoms with Crippen LogP contribution in [0.2, 0.25) is 0 Å². The summed E-state index contributed by atoms with van der Waals surface area (Å²) in [6.45, 7) is 1.24. The van der Waals surface area contributed by atoms with E-state index in [0.29, 0.717) is 39.1 Å². The summed E-state index contributed by atoms with van der Waals surface area (Å²) in [6, 6.07) is 29.9. The van der Waals surface area contributed by atoms with Crippen molar-refractivity contribution in [2.45, 2.75) is 39.1 Å². The Balaban J connectivity index is 1.39. The van der Waals surface area contributed by atoms with Crippen LogP contribution in [0.3, 0.4) is 0 Å². The maximum absolute atomic E-state index is 5.60. The van der Waals surface area contributed by atoms with Crippen LogP contribution in [0.1, 0.15) is 36.0 Å². The molecular formula is C27H27N3O3. The van der Waals surface area contributed by atoms with E-state index in [0.717, 1.165) is 33.8 Å². The maximum atomic E-state index is 5.60. The molecule has 168 valence electrons. The molecule has 3 aromatic carbocycles. The van der Waals surface area contributed by atoms with Gasteiger partial charge in [0.1, 0.15) is 19.8 Å². The summed E-state index contributed by atoms with van der Waals surface area (Å²) in [5.74, 6) is 0. The number of hydrogen-bond donors (Lipinski definition) is 0. The van der Waals surface area contributed by atoms with Crippen LogP contribution in [-0.2, 0) is 34.3 Å². The highest BCUT2D eigenvalue weighted by Gasteiger charge is 2.21. The molecule has 0 amide bonds. The fraction of sp³-hybridized carbons (Fsp3) is 0.222. The van der Waals surface area contributed by atoms with Crippen molar-refractivity contribution in [3.8, 4) is 0 Å². The monoisotopic (exact) mass is 441 g/mol. The average Bonchev–Trinajstić information content (AvgIpc) is 2.86. The largest absolute Gasteiger partial charge is 0.391 e. The zero-order valence-electron chi connectivity index (χ0n) is 18.5. The van der Waals surface area contributed by atoms with Gasteiger partial charge in [-0.25, -0.2) is 0 Å². The van der Waals surface area contributed by atoms with Gasteiger partial charge in [0.2, 0.25) is 0 Å². The van der Waals surface area contributed by atoms with Crippen molar-refractivity contribution >= 4 is 17.1 Å². The van der Waals surface area contributed by atoms with E-state index >= 15 is 0 Å². The first-order valence-corrected chi connectivity index (χ1v) is 11.0. The van der Waals surface area contributed by atoms with Gasteiger partial charge < -0.3 is 14.5 Å². The molecule has 1 aliphatic rings. The second-order valence-corrected chi connectivity index (χ2v) is 7.78. The molecule has 0 N–H and O–H groups in total. The Morgan fingerprint density at radius 2 is 0.697 bits per heavy atom. The molecule has 0 aliphatic heterocycles. The third kappa shape index (κ3) is 7.61. The molecule has 0 spiro atoms. The Morgan fingerprint density at radius 1 is 0.424 bits per heavy atom. The number of oxime groups is 3. The van der Waals surface area contributed by atoms with Gasteiger partial charge in [0, 0.05) is 19.3 Å². The summed E-state index contributed by atoms with van der Waals surface area (Å²) in [4.78, 5) is 16.8. The summed E-state index contributed by atoms with van der Waals surface area (Å²) in [5, 5.41) is 13.1. The summed E-state index contributed by atoms with van der Waals surface area (Å²) in [7, 11) is 0. The van der Waals surface area contributed by atoms with E-state index in [9.17, 15) is 0 Å². The van der Waals surface area contributed by atoms with Crippen LogP contribution in [0, 0.1) is 0 Å². The zero-order valence-corrected chi connectivity index (χ0v) is 18.5. The van der Waals surface area contributed by atoms with Crippen LogP contribution in [0.5, 0.6) is 0 Å². The van der Waals surface area contributed by atoms with Gasteiger partial charge in [0.25, 0.3) is 0 Å². The minimum absolute atomic E-state index is 0.415. The van der Waals surface area contributed by atoms with Crippen LogP contribution in [0.15, 0.2) is 106 Å². The molecule has 0 unspecified atom stereocenters. The lowest BCUT2D eigenvalue weighted by atomic mass is 9.95. The summed E-state index contributed by atoms with van der Waals surface area (Å²) >= 11 is 0. The Bertz CT molecular complexity index is 928. The van der Waals surface area contributed by atoms with Gasteiger partial charge in [-0.1, -0.05) is 106 Å². The molecule has 6 heteroatoms. The van der Waals surface area contributed by atoms with Crippen LogP contribution >= 0.6 is 0 Å². The van der Waals surface area contributed by atoms with Crippen LogP contribution in [-0.4, -0.2) is 17.1 Å². The third-order valence-corrected chi connectivity index (χ3v) is 5.03. The highest BCUT2D eigenvalue weighted by atomic mass is 16.6. The first kappa shape index (κ1) is 22.3. The Labute approximate surface area is 194 Å². The lowest BCUT2D eigenvalue weighted by molar-refractivity contribution is 0.125. The highest BCUT2D eigenvalue weighted by Crippen LogP contribution is 2.15. The SMILES string of the molecule is c1ccc(CON=C2CC(=NOCc3ccccc3)CC(=NOCc3ccccc3)C2)cc1. The first-order valence-electron chi connectivity index (χ1n) is 11.0. The fourth-order valence-electron chi connectivity index (χ4n) is 3.40. The third-order valence-electron chi connectivity index (χ3n) is 5.03. The Morgan fingerprint density at radius 3 is 0.970 bits per heavy atom. The van der Waals surface area contributed by atoms with Gasteiger partial charge >= 0.3 is 0 Å². The molecule has 0 radical (unpaired) electrons. The van der Waals surface area contributed by atoms with Gasteiger partial charge in [-0.15, -0.1) is 0 Å². The fourth-order valence-corrected chi connectivity index (χ4v) is 3.40. The lowest BCUT2D eigenvalue weighted by Gasteiger charge is -2.17. The van der Waals surface area contributed by atoms with Gasteiger partial charge in [-0.05, 0) is 16.7 Å². The van der Waals surface area contributed by atoms with Crippen LogP contribution in [0.25, 0.3) is 0 Å². The normalized spacial score (nSPS) is 13.3. The highest BCUT2D eigenvalue weighted by molar-refractivity contribution is 6.23. The molecular weight excluding hydrogens is 414 g/mol. The topological polar surface area (TPSA) is 64.8 Å².